The van der Waals surface area contributed by atoms with Crippen molar-refractivity contribution < 1.29 is 17.6 Å². The molecule has 0 N–H and O–H groups in total. The summed E-state index contributed by atoms with van der Waals surface area (Å²) >= 11 is 0. The van der Waals surface area contributed by atoms with E-state index < -0.39 is 21.6 Å². The number of hydrogen-bond acceptors (Lipinski definition) is 5. The summed E-state index contributed by atoms with van der Waals surface area (Å²) in [5.41, 5.74) is -0.843. The highest BCUT2D eigenvalue weighted by molar-refractivity contribution is 7.93. The zero-order chi connectivity index (χ0) is 20.4. The van der Waals surface area contributed by atoms with Crippen molar-refractivity contribution in [1.29, 1.82) is 0 Å². The smallest absolute Gasteiger partial charge is 0.349 e. The van der Waals surface area contributed by atoms with Crippen LogP contribution in [0.4, 0.5) is 5.69 Å². The van der Waals surface area contributed by atoms with Gasteiger partial charge in [0.2, 0.25) is 0 Å². The van der Waals surface area contributed by atoms with Crippen LogP contribution in [0.2, 0.25) is 0 Å². The third-order valence-corrected chi connectivity index (χ3v) is 6.05. The zero-order valence-electron chi connectivity index (χ0n) is 15.1. The predicted octanol–water partition coefficient (Wildman–Crippen LogP) is 3.83. The number of benzene rings is 3. The Kier molecular flexibility index (Phi) is 4.74. The first-order valence-corrected chi connectivity index (χ1v) is 10.1. The average molecular weight is 405 g/mol. The van der Waals surface area contributed by atoms with Crippen molar-refractivity contribution in [2.75, 3.05) is 4.31 Å². The molecule has 0 spiro atoms. The first-order valence-electron chi connectivity index (χ1n) is 8.71. The van der Waals surface area contributed by atoms with Crippen molar-refractivity contribution in [3.05, 3.63) is 107 Å². The van der Waals surface area contributed by atoms with E-state index in [1.165, 1.54) is 30.3 Å². The maximum atomic E-state index is 13.3. The lowest BCUT2D eigenvalue weighted by atomic mass is 10.1. The van der Waals surface area contributed by atoms with E-state index in [4.69, 9.17) is 4.42 Å². The fourth-order valence-electron chi connectivity index (χ4n) is 2.95. The van der Waals surface area contributed by atoms with Crippen molar-refractivity contribution >= 4 is 32.6 Å². The molecule has 4 aromatic rings. The topological polar surface area (TPSA) is 84.7 Å². The summed E-state index contributed by atoms with van der Waals surface area (Å²) < 4.78 is 32.4. The first-order chi connectivity index (χ1) is 14.0. The van der Waals surface area contributed by atoms with Gasteiger partial charge in [0.25, 0.3) is 15.9 Å². The van der Waals surface area contributed by atoms with E-state index in [0.29, 0.717) is 15.3 Å². The van der Waals surface area contributed by atoms with E-state index in [-0.39, 0.29) is 16.1 Å². The Hall–Kier alpha value is -3.71. The van der Waals surface area contributed by atoms with Crippen LogP contribution in [-0.4, -0.2) is 14.3 Å². The van der Waals surface area contributed by atoms with E-state index in [1.807, 2.05) is 0 Å². The third kappa shape index (κ3) is 3.43. The summed E-state index contributed by atoms with van der Waals surface area (Å²) in [4.78, 5) is 25.7. The molecule has 0 aliphatic heterocycles. The number of carbonyl (C=O) groups excluding carboxylic acids is 1. The molecule has 0 aliphatic carbocycles. The molecule has 6 nitrogen and oxygen atoms in total. The largest absolute Gasteiger partial charge is 0.422 e. The molecule has 0 bridgehead atoms. The minimum Gasteiger partial charge on any atom is -0.422 e. The Labute approximate surface area is 166 Å². The van der Waals surface area contributed by atoms with Gasteiger partial charge in [-0.25, -0.2) is 13.2 Å². The second-order valence-corrected chi connectivity index (χ2v) is 8.00. The average Bonchev–Trinajstić information content (AvgIpc) is 2.74. The maximum Gasteiger partial charge on any atom is 0.349 e. The number of hydrogen-bond donors (Lipinski definition) is 0. The van der Waals surface area contributed by atoms with Crippen LogP contribution in [0, 0.1) is 0 Å². The summed E-state index contributed by atoms with van der Waals surface area (Å²) in [6.07, 6.45) is 0. The second-order valence-electron chi connectivity index (χ2n) is 6.21. The molecule has 1 amide bonds. The van der Waals surface area contributed by atoms with Crippen molar-refractivity contribution in [2.24, 2.45) is 0 Å². The van der Waals surface area contributed by atoms with Gasteiger partial charge >= 0.3 is 5.63 Å². The van der Waals surface area contributed by atoms with Gasteiger partial charge in [0.1, 0.15) is 11.1 Å². The van der Waals surface area contributed by atoms with Gasteiger partial charge in [-0.1, -0.05) is 54.6 Å². The van der Waals surface area contributed by atoms with E-state index in [2.05, 4.69) is 0 Å². The molecule has 29 heavy (non-hydrogen) atoms. The van der Waals surface area contributed by atoms with E-state index >= 15 is 0 Å². The molecular formula is C22H15NO5S. The van der Waals surface area contributed by atoms with E-state index in [0.717, 1.165) is 0 Å². The quantitative estimate of drug-likeness (QED) is 0.482. The fraction of sp³-hybridized carbons (Fsp3) is 0. The van der Waals surface area contributed by atoms with Gasteiger partial charge < -0.3 is 4.42 Å². The maximum absolute atomic E-state index is 13.3. The Morgan fingerprint density at radius 1 is 0.793 bits per heavy atom. The number of rotatable bonds is 4. The number of nitrogens with zero attached hydrogens (tertiary/aromatic N) is 1. The highest BCUT2D eigenvalue weighted by Crippen LogP contribution is 2.26. The molecule has 0 atom stereocenters. The summed E-state index contributed by atoms with van der Waals surface area (Å²) in [6.45, 7) is 0. The Bertz CT molecular complexity index is 1350. The van der Waals surface area contributed by atoms with Crippen LogP contribution < -0.4 is 9.93 Å². The van der Waals surface area contributed by atoms with Gasteiger partial charge in [0, 0.05) is 5.39 Å². The van der Waals surface area contributed by atoms with Crippen LogP contribution in [0.5, 0.6) is 0 Å². The summed E-state index contributed by atoms with van der Waals surface area (Å²) in [5.74, 6) is -0.987. The molecule has 0 saturated carbocycles. The molecule has 3 aromatic carbocycles. The van der Waals surface area contributed by atoms with Gasteiger partial charge in [-0.3, -0.25) is 4.79 Å². The van der Waals surface area contributed by atoms with E-state index in [1.54, 1.807) is 60.7 Å². The number of anilines is 1. The molecule has 1 heterocycles. The van der Waals surface area contributed by atoms with Gasteiger partial charge in [-0.2, -0.15) is 4.31 Å². The van der Waals surface area contributed by atoms with Crippen molar-refractivity contribution in [3.63, 3.8) is 0 Å². The van der Waals surface area contributed by atoms with Crippen LogP contribution in [0.25, 0.3) is 11.0 Å². The normalized spacial score (nSPS) is 11.3. The number of sulfonamides is 1. The lowest BCUT2D eigenvalue weighted by Crippen LogP contribution is -2.39. The monoisotopic (exact) mass is 405 g/mol. The highest BCUT2D eigenvalue weighted by atomic mass is 32.2. The molecule has 0 unspecified atom stereocenters. The SMILES string of the molecule is O=C(c1cc2ccccc2oc1=O)N(c1ccccc1)S(=O)(=O)c1ccccc1. The molecule has 0 radical (unpaired) electrons. The molecular weight excluding hydrogens is 390 g/mol. The summed E-state index contributed by atoms with van der Waals surface area (Å²) in [7, 11) is -4.27. The molecule has 1 aromatic heterocycles. The lowest BCUT2D eigenvalue weighted by Gasteiger charge is -2.22. The van der Waals surface area contributed by atoms with Crippen molar-refractivity contribution in [2.45, 2.75) is 4.90 Å². The molecule has 4 rings (SSSR count). The third-order valence-electron chi connectivity index (χ3n) is 4.33. The van der Waals surface area contributed by atoms with Gasteiger partial charge in [-0.15, -0.1) is 0 Å². The number of para-hydroxylation sites is 2. The highest BCUT2D eigenvalue weighted by Gasteiger charge is 2.33. The predicted molar refractivity (Wildman–Crippen MR) is 109 cm³/mol. The Morgan fingerprint density at radius 2 is 1.38 bits per heavy atom. The van der Waals surface area contributed by atoms with E-state index in [9.17, 15) is 18.0 Å². The number of fused-ring (bicyclic) bond motifs is 1. The number of carbonyl (C=O) groups is 1. The Morgan fingerprint density at radius 3 is 2.07 bits per heavy atom. The van der Waals surface area contributed by atoms with Crippen LogP contribution >= 0.6 is 0 Å². The molecule has 0 aliphatic rings. The zero-order valence-corrected chi connectivity index (χ0v) is 15.9. The van der Waals surface area contributed by atoms with Crippen molar-refractivity contribution in [3.8, 4) is 0 Å². The molecule has 7 heteroatoms. The summed E-state index contributed by atoms with van der Waals surface area (Å²) in [6, 6.07) is 23.5. The van der Waals surface area contributed by atoms with Crippen molar-refractivity contribution in [1.82, 2.24) is 0 Å². The second kappa shape index (κ2) is 7.37. The number of amides is 1. The Balaban J connectivity index is 1.92. The minimum absolute atomic E-state index is 0.0672. The van der Waals surface area contributed by atoms with Gasteiger partial charge in [0.05, 0.1) is 10.6 Å². The van der Waals surface area contributed by atoms with Gasteiger partial charge in [-0.05, 0) is 36.4 Å². The van der Waals surface area contributed by atoms with Crippen LogP contribution in [0.1, 0.15) is 10.4 Å². The van der Waals surface area contributed by atoms with Crippen LogP contribution in [-0.2, 0) is 10.0 Å². The molecule has 0 saturated heterocycles. The first kappa shape index (κ1) is 18.6. The van der Waals surface area contributed by atoms with Crippen LogP contribution in [0.15, 0.2) is 105 Å². The molecule has 0 fully saturated rings. The molecule has 144 valence electrons. The lowest BCUT2D eigenvalue weighted by molar-refractivity contribution is 0.100. The minimum atomic E-state index is -4.27. The standard InChI is InChI=1S/C22H15NO5S/c24-21(19-15-16-9-7-8-14-20(16)28-22(19)25)23(17-10-3-1-4-11-17)29(26,27)18-12-5-2-6-13-18/h1-15H. The summed E-state index contributed by atoms with van der Waals surface area (Å²) in [5, 5.41) is 0.514. The van der Waals surface area contributed by atoms with Gasteiger partial charge in [0.15, 0.2) is 0 Å². The van der Waals surface area contributed by atoms with Crippen LogP contribution in [0.3, 0.4) is 0 Å². The fourth-order valence-corrected chi connectivity index (χ4v) is 4.37.